The van der Waals surface area contributed by atoms with Crippen molar-refractivity contribution in [3.63, 3.8) is 0 Å². The lowest BCUT2D eigenvalue weighted by molar-refractivity contribution is -0.142. The molecule has 1 atom stereocenters. The molecule has 14 heavy (non-hydrogen) atoms. The minimum absolute atomic E-state index is 0.265. The summed E-state index contributed by atoms with van der Waals surface area (Å²) in [5.41, 5.74) is 0.749. The molecule has 0 amide bonds. The van der Waals surface area contributed by atoms with Crippen molar-refractivity contribution in [2.45, 2.75) is 19.3 Å². The van der Waals surface area contributed by atoms with E-state index >= 15 is 0 Å². The molecule has 0 spiro atoms. The second-order valence-corrected chi connectivity index (χ2v) is 3.62. The lowest BCUT2D eigenvalue weighted by Crippen LogP contribution is -2.17. The molecular weight excluding hydrogens is 250 g/mol. The average Bonchev–Trinajstić information content (AvgIpc) is 2.50. The van der Waals surface area contributed by atoms with E-state index in [1.165, 1.54) is 7.11 Å². The number of carbonyl (C=O) groups excluding carboxylic acids is 1. The fraction of sp³-hybridized carbons (Fsp3) is 0.625. The highest BCUT2D eigenvalue weighted by molar-refractivity contribution is 9.10. The number of aromatic nitrogens is 3. The van der Waals surface area contributed by atoms with Crippen molar-refractivity contribution < 1.29 is 9.53 Å². The number of carbonyl (C=O) groups is 1. The zero-order valence-electron chi connectivity index (χ0n) is 8.32. The molecule has 0 aliphatic carbocycles. The predicted molar refractivity (Wildman–Crippen MR) is 53.8 cm³/mol. The highest BCUT2D eigenvalue weighted by Crippen LogP contribution is 2.25. The summed E-state index contributed by atoms with van der Waals surface area (Å²) in [6.07, 6.45) is 0.659. The molecule has 1 unspecified atom stereocenters. The number of methoxy groups -OCH3 is 1. The molecule has 78 valence electrons. The normalized spacial score (nSPS) is 12.6. The molecule has 0 aliphatic rings. The molecule has 0 N–H and O–H groups in total. The third-order valence-corrected chi connectivity index (χ3v) is 2.62. The highest BCUT2D eigenvalue weighted by atomic mass is 79.9. The van der Waals surface area contributed by atoms with Crippen LogP contribution in [0.5, 0.6) is 0 Å². The minimum atomic E-state index is -0.311. The van der Waals surface area contributed by atoms with Gasteiger partial charge in [-0.05, 0) is 22.4 Å². The number of aryl methyl sites for hydroxylation is 1. The van der Waals surface area contributed by atoms with Gasteiger partial charge in [0.25, 0.3) is 0 Å². The summed E-state index contributed by atoms with van der Waals surface area (Å²) < 4.78 is 6.88. The second-order valence-electron chi connectivity index (χ2n) is 2.87. The number of ether oxygens (including phenoxy) is 1. The monoisotopic (exact) mass is 261 g/mol. The van der Waals surface area contributed by atoms with Gasteiger partial charge in [0, 0.05) is 7.05 Å². The van der Waals surface area contributed by atoms with Gasteiger partial charge in [0.1, 0.15) is 5.92 Å². The maximum atomic E-state index is 11.4. The van der Waals surface area contributed by atoms with Crippen LogP contribution in [0.1, 0.15) is 25.0 Å². The number of halogens is 1. The van der Waals surface area contributed by atoms with Crippen LogP contribution in [-0.4, -0.2) is 28.1 Å². The number of hydrogen-bond donors (Lipinski definition) is 0. The summed E-state index contributed by atoms with van der Waals surface area (Å²) in [5, 5.41) is 7.64. The number of hydrogen-bond acceptors (Lipinski definition) is 4. The third kappa shape index (κ3) is 1.95. The second kappa shape index (κ2) is 4.54. The summed E-state index contributed by atoms with van der Waals surface area (Å²) in [6.45, 7) is 1.92. The lowest BCUT2D eigenvalue weighted by atomic mass is 10.0. The van der Waals surface area contributed by atoms with E-state index in [2.05, 4.69) is 26.2 Å². The Balaban J connectivity index is 3.06. The zero-order valence-corrected chi connectivity index (χ0v) is 9.91. The van der Waals surface area contributed by atoms with E-state index in [0.29, 0.717) is 11.0 Å². The molecule has 1 aromatic heterocycles. The Kier molecular flexibility index (Phi) is 3.62. The van der Waals surface area contributed by atoms with Gasteiger partial charge in [-0.1, -0.05) is 12.1 Å². The van der Waals surface area contributed by atoms with E-state index in [1.54, 1.807) is 11.7 Å². The molecule has 1 aromatic rings. The van der Waals surface area contributed by atoms with Crippen LogP contribution < -0.4 is 0 Å². The highest BCUT2D eigenvalue weighted by Gasteiger charge is 2.25. The van der Waals surface area contributed by atoms with E-state index in [9.17, 15) is 4.79 Å². The van der Waals surface area contributed by atoms with Crippen molar-refractivity contribution in [2.75, 3.05) is 7.11 Å². The SMILES string of the molecule is CCC(C(=O)OC)c1c(Br)nnn1C. The molecular formula is C8H12BrN3O2. The van der Waals surface area contributed by atoms with E-state index in [1.807, 2.05) is 6.92 Å². The van der Waals surface area contributed by atoms with Gasteiger partial charge in [-0.2, -0.15) is 0 Å². The van der Waals surface area contributed by atoms with Crippen LogP contribution in [0.3, 0.4) is 0 Å². The molecule has 5 nitrogen and oxygen atoms in total. The van der Waals surface area contributed by atoms with Gasteiger partial charge in [0.05, 0.1) is 12.8 Å². The van der Waals surface area contributed by atoms with Gasteiger partial charge in [-0.3, -0.25) is 9.48 Å². The van der Waals surface area contributed by atoms with Crippen molar-refractivity contribution >= 4 is 21.9 Å². The van der Waals surface area contributed by atoms with Gasteiger partial charge in [0.2, 0.25) is 0 Å². The molecule has 1 rings (SSSR count). The van der Waals surface area contributed by atoms with Crippen LogP contribution in [0.2, 0.25) is 0 Å². The van der Waals surface area contributed by atoms with Gasteiger partial charge in [-0.25, -0.2) is 0 Å². The zero-order chi connectivity index (χ0) is 10.7. The molecule has 0 aromatic carbocycles. The molecule has 0 bridgehead atoms. The van der Waals surface area contributed by atoms with E-state index in [-0.39, 0.29) is 11.9 Å². The summed E-state index contributed by atoms with van der Waals surface area (Å²) in [6, 6.07) is 0. The van der Waals surface area contributed by atoms with Crippen LogP contribution in [-0.2, 0) is 16.6 Å². The first-order valence-electron chi connectivity index (χ1n) is 4.24. The average molecular weight is 262 g/mol. The first kappa shape index (κ1) is 11.2. The molecule has 0 radical (unpaired) electrons. The maximum absolute atomic E-state index is 11.4. The summed E-state index contributed by atoms with van der Waals surface area (Å²) in [5.74, 6) is -0.576. The predicted octanol–water partition coefficient (Wildman–Crippen LogP) is 1.24. The first-order chi connectivity index (χ1) is 6.61. The van der Waals surface area contributed by atoms with Gasteiger partial charge in [-0.15, -0.1) is 5.10 Å². The van der Waals surface area contributed by atoms with Gasteiger partial charge < -0.3 is 4.74 Å². The molecule has 0 aliphatic heterocycles. The fourth-order valence-corrected chi connectivity index (χ4v) is 1.93. The topological polar surface area (TPSA) is 57.0 Å². The summed E-state index contributed by atoms with van der Waals surface area (Å²) in [7, 11) is 3.13. The van der Waals surface area contributed by atoms with Crippen molar-refractivity contribution in [3.8, 4) is 0 Å². The Morgan fingerprint density at radius 2 is 2.36 bits per heavy atom. The number of esters is 1. The van der Waals surface area contributed by atoms with Crippen LogP contribution in [0, 0.1) is 0 Å². The maximum Gasteiger partial charge on any atom is 0.314 e. The standard InChI is InChI=1S/C8H12BrN3O2/c1-4-5(8(13)14-3)6-7(9)10-11-12(6)2/h5H,4H2,1-3H3. The summed E-state index contributed by atoms with van der Waals surface area (Å²) >= 11 is 3.25. The van der Waals surface area contributed by atoms with Crippen molar-refractivity contribution in [1.82, 2.24) is 15.0 Å². The van der Waals surface area contributed by atoms with Crippen LogP contribution in [0.4, 0.5) is 0 Å². The third-order valence-electron chi connectivity index (χ3n) is 2.05. The van der Waals surface area contributed by atoms with E-state index in [4.69, 9.17) is 4.74 Å². The smallest absolute Gasteiger partial charge is 0.314 e. The van der Waals surface area contributed by atoms with Crippen LogP contribution in [0.15, 0.2) is 4.60 Å². The molecule has 0 saturated carbocycles. The minimum Gasteiger partial charge on any atom is -0.469 e. The molecule has 1 heterocycles. The Morgan fingerprint density at radius 1 is 1.71 bits per heavy atom. The first-order valence-corrected chi connectivity index (χ1v) is 5.04. The Bertz CT molecular complexity index is 318. The van der Waals surface area contributed by atoms with Crippen LogP contribution >= 0.6 is 15.9 Å². The van der Waals surface area contributed by atoms with Gasteiger partial charge >= 0.3 is 5.97 Å². The van der Waals surface area contributed by atoms with Crippen LogP contribution in [0.25, 0.3) is 0 Å². The molecule has 6 heteroatoms. The Hall–Kier alpha value is -0.910. The fourth-order valence-electron chi connectivity index (χ4n) is 1.32. The van der Waals surface area contributed by atoms with E-state index < -0.39 is 0 Å². The van der Waals surface area contributed by atoms with Crippen molar-refractivity contribution in [3.05, 3.63) is 10.3 Å². The number of rotatable bonds is 3. The largest absolute Gasteiger partial charge is 0.469 e. The van der Waals surface area contributed by atoms with Gasteiger partial charge in [0.15, 0.2) is 4.60 Å². The molecule has 0 fully saturated rings. The number of nitrogens with zero attached hydrogens (tertiary/aromatic N) is 3. The quantitative estimate of drug-likeness (QED) is 0.769. The Labute approximate surface area is 90.6 Å². The van der Waals surface area contributed by atoms with E-state index in [0.717, 1.165) is 5.69 Å². The summed E-state index contributed by atoms with van der Waals surface area (Å²) in [4.78, 5) is 11.4. The van der Waals surface area contributed by atoms with Crippen molar-refractivity contribution in [2.24, 2.45) is 7.05 Å². The Morgan fingerprint density at radius 3 is 2.71 bits per heavy atom. The lowest BCUT2D eigenvalue weighted by Gasteiger charge is -2.12. The van der Waals surface area contributed by atoms with Crippen molar-refractivity contribution in [1.29, 1.82) is 0 Å². The molecule has 0 saturated heterocycles.